The monoisotopic (exact) mass is 304 g/mol. The van der Waals surface area contributed by atoms with E-state index in [-0.39, 0.29) is 0 Å². The number of nitrogens with one attached hydrogen (secondary N) is 1. The maximum atomic E-state index is 12.5. The molecule has 6 heteroatoms. The van der Waals surface area contributed by atoms with Gasteiger partial charge in [-0.15, -0.1) is 11.3 Å². The molecule has 0 fully saturated rings. The van der Waals surface area contributed by atoms with Crippen molar-refractivity contribution in [3.63, 3.8) is 0 Å². The van der Waals surface area contributed by atoms with Crippen LogP contribution in [0.25, 0.3) is 0 Å². The highest BCUT2D eigenvalue weighted by Crippen LogP contribution is 2.23. The van der Waals surface area contributed by atoms with Gasteiger partial charge in [-0.25, -0.2) is 8.42 Å². The summed E-state index contributed by atoms with van der Waals surface area (Å²) in [5.41, 5.74) is 0. The van der Waals surface area contributed by atoms with E-state index in [1.807, 2.05) is 27.7 Å². The van der Waals surface area contributed by atoms with Gasteiger partial charge in [0.25, 0.3) is 0 Å². The van der Waals surface area contributed by atoms with E-state index in [1.165, 1.54) is 11.3 Å². The molecule has 1 heterocycles. The van der Waals surface area contributed by atoms with Crippen molar-refractivity contribution in [3.05, 3.63) is 16.3 Å². The molecule has 0 atom stereocenters. The lowest BCUT2D eigenvalue weighted by Crippen LogP contribution is -2.33. The van der Waals surface area contributed by atoms with Crippen molar-refractivity contribution in [1.82, 2.24) is 9.62 Å². The van der Waals surface area contributed by atoms with Gasteiger partial charge in [-0.3, -0.25) is 0 Å². The van der Waals surface area contributed by atoms with Gasteiger partial charge >= 0.3 is 0 Å². The lowest BCUT2D eigenvalue weighted by atomic mass is 10.2. The van der Waals surface area contributed by atoms with Crippen LogP contribution in [0.15, 0.2) is 16.3 Å². The van der Waals surface area contributed by atoms with Gasteiger partial charge in [0.2, 0.25) is 10.0 Å². The summed E-state index contributed by atoms with van der Waals surface area (Å²) in [5.74, 6) is 0.328. The quantitative estimate of drug-likeness (QED) is 0.803. The molecule has 0 amide bonds. The maximum absolute atomic E-state index is 12.5. The molecule has 0 saturated heterocycles. The van der Waals surface area contributed by atoms with Crippen LogP contribution in [0.5, 0.6) is 0 Å². The Morgan fingerprint density at radius 1 is 1.37 bits per heavy atom. The van der Waals surface area contributed by atoms with Crippen molar-refractivity contribution in [2.45, 2.75) is 39.1 Å². The van der Waals surface area contributed by atoms with Crippen LogP contribution < -0.4 is 5.32 Å². The summed E-state index contributed by atoms with van der Waals surface area (Å²) in [6.45, 7) is 10.7. The molecule has 1 aromatic heterocycles. The summed E-state index contributed by atoms with van der Waals surface area (Å²) in [7, 11) is -3.33. The van der Waals surface area contributed by atoms with Crippen LogP contribution in [0.1, 0.15) is 32.6 Å². The minimum atomic E-state index is -3.33. The zero-order chi connectivity index (χ0) is 14.5. The lowest BCUT2D eigenvalue weighted by Gasteiger charge is -2.21. The van der Waals surface area contributed by atoms with Gasteiger partial charge in [0.15, 0.2) is 0 Å². The summed E-state index contributed by atoms with van der Waals surface area (Å²) in [6.07, 6.45) is 0. The van der Waals surface area contributed by atoms with Crippen molar-refractivity contribution in [2.24, 2.45) is 5.92 Å². The summed E-state index contributed by atoms with van der Waals surface area (Å²) in [5, 5.41) is 4.95. The first-order valence-electron chi connectivity index (χ1n) is 6.70. The van der Waals surface area contributed by atoms with Gasteiger partial charge in [-0.2, -0.15) is 4.31 Å². The Labute approximate surface area is 120 Å². The van der Waals surface area contributed by atoms with Crippen LogP contribution in [-0.2, 0) is 16.6 Å². The van der Waals surface area contributed by atoms with Crippen LogP contribution in [-0.4, -0.2) is 32.4 Å². The molecule has 19 heavy (non-hydrogen) atoms. The summed E-state index contributed by atoms with van der Waals surface area (Å²) in [6, 6.07) is 1.78. The molecule has 0 aliphatic heterocycles. The molecule has 4 nitrogen and oxygen atoms in total. The molecule has 0 aromatic carbocycles. The van der Waals surface area contributed by atoms with E-state index >= 15 is 0 Å². The van der Waals surface area contributed by atoms with Crippen molar-refractivity contribution in [3.8, 4) is 0 Å². The van der Waals surface area contributed by atoms with Crippen molar-refractivity contribution in [1.29, 1.82) is 0 Å². The molecule has 1 N–H and O–H groups in total. The van der Waals surface area contributed by atoms with E-state index < -0.39 is 10.0 Å². The highest BCUT2D eigenvalue weighted by molar-refractivity contribution is 7.89. The smallest absolute Gasteiger partial charge is 0.243 e. The molecule has 0 bridgehead atoms. The number of sulfonamides is 1. The Balaban J connectivity index is 2.89. The summed E-state index contributed by atoms with van der Waals surface area (Å²) >= 11 is 1.49. The zero-order valence-electron chi connectivity index (χ0n) is 12.1. The predicted molar refractivity (Wildman–Crippen MR) is 81.0 cm³/mol. The number of rotatable bonds is 8. The Bertz CT molecular complexity index is 481. The third kappa shape index (κ3) is 4.56. The lowest BCUT2D eigenvalue weighted by molar-refractivity contribution is 0.381. The number of thiophene rings is 1. The van der Waals surface area contributed by atoms with E-state index in [2.05, 4.69) is 5.32 Å². The average Bonchev–Trinajstić information content (AvgIpc) is 2.82. The van der Waals surface area contributed by atoms with E-state index in [0.717, 1.165) is 18.0 Å². The van der Waals surface area contributed by atoms with E-state index in [9.17, 15) is 8.42 Å². The maximum Gasteiger partial charge on any atom is 0.243 e. The van der Waals surface area contributed by atoms with Gasteiger partial charge in [0.1, 0.15) is 0 Å². The minimum absolute atomic E-state index is 0.328. The van der Waals surface area contributed by atoms with Crippen LogP contribution >= 0.6 is 11.3 Å². The SMILES string of the molecule is CCNCc1cc(S(=O)(=O)N(CC)CC(C)C)cs1. The molecule has 110 valence electrons. The fraction of sp³-hybridized carbons (Fsp3) is 0.692. The number of hydrogen-bond donors (Lipinski definition) is 1. The number of nitrogens with zero attached hydrogens (tertiary/aromatic N) is 1. The Kier molecular flexibility index (Phi) is 6.46. The predicted octanol–water partition coefficient (Wildman–Crippen LogP) is 2.52. The molecule has 0 saturated carbocycles. The van der Waals surface area contributed by atoms with Crippen molar-refractivity contribution < 1.29 is 8.42 Å². The highest BCUT2D eigenvalue weighted by Gasteiger charge is 2.24. The van der Waals surface area contributed by atoms with E-state index in [4.69, 9.17) is 0 Å². The van der Waals surface area contributed by atoms with Crippen LogP contribution in [0, 0.1) is 5.92 Å². The second kappa shape index (κ2) is 7.38. The van der Waals surface area contributed by atoms with Gasteiger partial charge in [-0.05, 0) is 18.5 Å². The third-order valence-corrected chi connectivity index (χ3v) is 5.74. The molecule has 0 radical (unpaired) electrons. The van der Waals surface area contributed by atoms with Gasteiger partial charge in [-0.1, -0.05) is 27.7 Å². The second-order valence-corrected chi connectivity index (χ2v) is 7.81. The standard InChI is InChI=1S/C13H24N2O2S2/c1-5-14-8-12-7-13(10-18-12)19(16,17)15(6-2)9-11(3)4/h7,10-11,14H,5-6,8-9H2,1-4H3. The minimum Gasteiger partial charge on any atom is -0.312 e. The van der Waals surface area contributed by atoms with Crippen LogP contribution in [0.4, 0.5) is 0 Å². The van der Waals surface area contributed by atoms with E-state index in [0.29, 0.717) is 23.9 Å². The molecule has 0 spiro atoms. The third-order valence-electron chi connectivity index (χ3n) is 2.74. The first kappa shape index (κ1) is 16.6. The summed E-state index contributed by atoms with van der Waals surface area (Å²) in [4.78, 5) is 1.48. The van der Waals surface area contributed by atoms with Crippen LogP contribution in [0.2, 0.25) is 0 Å². The Hall–Kier alpha value is -0.430. The molecule has 0 aliphatic rings. The fourth-order valence-corrected chi connectivity index (χ4v) is 4.64. The normalized spacial score (nSPS) is 12.5. The van der Waals surface area contributed by atoms with Crippen LogP contribution in [0.3, 0.4) is 0 Å². The molecule has 1 aromatic rings. The molecule has 0 aliphatic carbocycles. The molecule has 1 rings (SSSR count). The Morgan fingerprint density at radius 2 is 2.05 bits per heavy atom. The first-order chi connectivity index (χ1) is 8.91. The fourth-order valence-electron chi connectivity index (χ4n) is 1.79. The number of hydrogen-bond acceptors (Lipinski definition) is 4. The second-order valence-electron chi connectivity index (χ2n) is 4.88. The summed E-state index contributed by atoms with van der Waals surface area (Å²) < 4.78 is 26.5. The van der Waals surface area contributed by atoms with Crippen molar-refractivity contribution in [2.75, 3.05) is 19.6 Å². The first-order valence-corrected chi connectivity index (χ1v) is 9.02. The zero-order valence-corrected chi connectivity index (χ0v) is 13.8. The van der Waals surface area contributed by atoms with E-state index in [1.54, 1.807) is 15.8 Å². The highest BCUT2D eigenvalue weighted by atomic mass is 32.2. The topological polar surface area (TPSA) is 49.4 Å². The largest absolute Gasteiger partial charge is 0.312 e. The van der Waals surface area contributed by atoms with Gasteiger partial charge in [0, 0.05) is 29.9 Å². The van der Waals surface area contributed by atoms with Gasteiger partial charge < -0.3 is 5.32 Å². The molecular weight excluding hydrogens is 280 g/mol. The average molecular weight is 304 g/mol. The molecular formula is C13H24N2O2S2. The van der Waals surface area contributed by atoms with Gasteiger partial charge in [0.05, 0.1) is 4.90 Å². The Morgan fingerprint density at radius 3 is 2.58 bits per heavy atom. The molecule has 0 unspecified atom stereocenters. The van der Waals surface area contributed by atoms with Crippen molar-refractivity contribution >= 4 is 21.4 Å².